The molecule has 0 bridgehead atoms. The van der Waals surface area contributed by atoms with Crippen molar-refractivity contribution >= 4 is 0 Å². The molecule has 1 fully saturated rings. The van der Waals surface area contributed by atoms with Gasteiger partial charge in [-0.2, -0.15) is 0 Å². The average molecular weight is 271 g/mol. The first kappa shape index (κ1) is 18.9. The second-order valence-electron chi connectivity index (χ2n) is 5.84. The van der Waals surface area contributed by atoms with Crippen molar-refractivity contribution in [1.82, 2.24) is 14.7 Å². The standard InChI is InChI=1S/C14H31N3.C2H6/c1-5-6-17(13-14(2)3)12-11-16-9-7-15(4)8-10-16;1-2/h14H,5-13H2,1-4H3;1-2H3. The lowest BCUT2D eigenvalue weighted by atomic mass is 10.2. The Hall–Kier alpha value is -0.120. The summed E-state index contributed by atoms with van der Waals surface area (Å²) < 4.78 is 0. The van der Waals surface area contributed by atoms with Gasteiger partial charge in [-0.3, -0.25) is 4.90 Å². The highest BCUT2D eigenvalue weighted by molar-refractivity contribution is 4.71. The zero-order valence-corrected chi connectivity index (χ0v) is 14.3. The molecule has 0 N–H and O–H groups in total. The molecule has 1 rings (SSSR count). The van der Waals surface area contributed by atoms with Gasteiger partial charge in [-0.15, -0.1) is 0 Å². The van der Waals surface area contributed by atoms with E-state index in [0.717, 1.165) is 5.92 Å². The van der Waals surface area contributed by atoms with E-state index in [1.165, 1.54) is 58.8 Å². The molecule has 1 aliphatic rings. The lowest BCUT2D eigenvalue weighted by Crippen LogP contribution is -2.47. The number of rotatable bonds is 7. The van der Waals surface area contributed by atoms with Crippen LogP contribution in [0.3, 0.4) is 0 Å². The molecule has 19 heavy (non-hydrogen) atoms. The molecule has 0 aromatic heterocycles. The van der Waals surface area contributed by atoms with E-state index in [2.05, 4.69) is 42.5 Å². The maximum absolute atomic E-state index is 2.63. The number of piperazine rings is 1. The van der Waals surface area contributed by atoms with Gasteiger partial charge < -0.3 is 9.80 Å². The molecule has 1 saturated heterocycles. The summed E-state index contributed by atoms with van der Waals surface area (Å²) in [6, 6.07) is 0. The Labute approximate surface area is 121 Å². The lowest BCUT2D eigenvalue weighted by Gasteiger charge is -2.34. The number of hydrogen-bond donors (Lipinski definition) is 0. The minimum atomic E-state index is 0.786. The predicted molar refractivity (Wildman–Crippen MR) is 86.9 cm³/mol. The summed E-state index contributed by atoms with van der Waals surface area (Å²) in [6.45, 7) is 20.9. The third-order valence-corrected chi connectivity index (χ3v) is 3.49. The monoisotopic (exact) mass is 271 g/mol. The Kier molecular flexibility index (Phi) is 11.6. The molecule has 0 atom stereocenters. The van der Waals surface area contributed by atoms with Gasteiger partial charge in [0.1, 0.15) is 0 Å². The smallest absolute Gasteiger partial charge is 0.0110 e. The zero-order chi connectivity index (χ0) is 14.7. The maximum atomic E-state index is 2.63. The lowest BCUT2D eigenvalue weighted by molar-refractivity contribution is 0.131. The van der Waals surface area contributed by atoms with Crippen molar-refractivity contribution in [3.8, 4) is 0 Å². The maximum Gasteiger partial charge on any atom is 0.0110 e. The summed E-state index contributed by atoms with van der Waals surface area (Å²) in [4.78, 5) is 7.67. The number of likely N-dealkylation sites (N-methyl/N-ethyl adjacent to an activating group) is 1. The molecule has 0 amide bonds. The van der Waals surface area contributed by atoms with Crippen molar-refractivity contribution in [2.24, 2.45) is 5.92 Å². The van der Waals surface area contributed by atoms with Crippen LogP contribution >= 0.6 is 0 Å². The van der Waals surface area contributed by atoms with E-state index in [4.69, 9.17) is 0 Å². The van der Waals surface area contributed by atoms with Crippen LogP contribution in [0.15, 0.2) is 0 Å². The SMILES string of the molecule is CC.CCCN(CCN1CCN(C)CC1)CC(C)C. The van der Waals surface area contributed by atoms with E-state index >= 15 is 0 Å². The molecule has 116 valence electrons. The molecule has 1 aliphatic heterocycles. The largest absolute Gasteiger partial charge is 0.304 e. The van der Waals surface area contributed by atoms with Crippen molar-refractivity contribution in [3.63, 3.8) is 0 Å². The molecular formula is C16H37N3. The number of hydrogen-bond acceptors (Lipinski definition) is 3. The van der Waals surface area contributed by atoms with Crippen molar-refractivity contribution in [2.75, 3.05) is 59.4 Å². The van der Waals surface area contributed by atoms with Crippen LogP contribution in [-0.4, -0.2) is 74.1 Å². The summed E-state index contributed by atoms with van der Waals surface area (Å²) >= 11 is 0. The zero-order valence-electron chi connectivity index (χ0n) is 14.3. The van der Waals surface area contributed by atoms with Gasteiger partial charge in [0.2, 0.25) is 0 Å². The first-order valence-corrected chi connectivity index (χ1v) is 8.25. The Morgan fingerprint density at radius 2 is 1.58 bits per heavy atom. The Balaban J connectivity index is 0.00000154. The molecule has 0 spiro atoms. The molecule has 0 radical (unpaired) electrons. The quantitative estimate of drug-likeness (QED) is 0.705. The topological polar surface area (TPSA) is 9.72 Å². The summed E-state index contributed by atoms with van der Waals surface area (Å²) in [6.07, 6.45) is 1.27. The Morgan fingerprint density at radius 1 is 1.00 bits per heavy atom. The predicted octanol–water partition coefficient (Wildman–Crippen LogP) is 2.63. The van der Waals surface area contributed by atoms with Gasteiger partial charge in [0.05, 0.1) is 0 Å². The molecular weight excluding hydrogens is 234 g/mol. The molecule has 0 aliphatic carbocycles. The van der Waals surface area contributed by atoms with Gasteiger partial charge in [0.25, 0.3) is 0 Å². The van der Waals surface area contributed by atoms with Crippen LogP contribution in [0, 0.1) is 5.92 Å². The van der Waals surface area contributed by atoms with Gasteiger partial charge in [-0.1, -0.05) is 34.6 Å². The highest BCUT2D eigenvalue weighted by Gasteiger charge is 2.14. The van der Waals surface area contributed by atoms with Crippen LogP contribution < -0.4 is 0 Å². The molecule has 3 nitrogen and oxygen atoms in total. The molecule has 0 saturated carbocycles. The van der Waals surface area contributed by atoms with Crippen molar-refractivity contribution in [1.29, 1.82) is 0 Å². The van der Waals surface area contributed by atoms with Gasteiger partial charge >= 0.3 is 0 Å². The first-order chi connectivity index (χ1) is 9.11. The second-order valence-corrected chi connectivity index (χ2v) is 5.84. The van der Waals surface area contributed by atoms with Crippen LogP contribution in [-0.2, 0) is 0 Å². The van der Waals surface area contributed by atoms with E-state index in [9.17, 15) is 0 Å². The number of nitrogens with zero attached hydrogens (tertiary/aromatic N) is 3. The average Bonchev–Trinajstić information content (AvgIpc) is 2.40. The first-order valence-electron chi connectivity index (χ1n) is 8.25. The van der Waals surface area contributed by atoms with E-state index < -0.39 is 0 Å². The fraction of sp³-hybridized carbons (Fsp3) is 1.00. The minimum absolute atomic E-state index is 0.786. The summed E-state index contributed by atoms with van der Waals surface area (Å²) in [5.74, 6) is 0.786. The molecule has 0 unspecified atom stereocenters. The minimum Gasteiger partial charge on any atom is -0.304 e. The summed E-state index contributed by atoms with van der Waals surface area (Å²) in [5, 5.41) is 0. The fourth-order valence-electron chi connectivity index (χ4n) is 2.48. The Bertz CT molecular complexity index is 186. The van der Waals surface area contributed by atoms with Crippen LogP contribution in [0.4, 0.5) is 0 Å². The molecule has 1 heterocycles. The van der Waals surface area contributed by atoms with Crippen LogP contribution in [0.2, 0.25) is 0 Å². The van der Waals surface area contributed by atoms with Gasteiger partial charge in [-0.25, -0.2) is 0 Å². The van der Waals surface area contributed by atoms with Gasteiger partial charge in [0, 0.05) is 45.8 Å². The van der Waals surface area contributed by atoms with Crippen LogP contribution in [0.25, 0.3) is 0 Å². The van der Waals surface area contributed by atoms with E-state index in [0.29, 0.717) is 0 Å². The molecule has 3 heteroatoms. The third kappa shape index (κ3) is 9.42. The molecule has 0 aromatic carbocycles. The van der Waals surface area contributed by atoms with Gasteiger partial charge in [0.15, 0.2) is 0 Å². The van der Waals surface area contributed by atoms with Crippen molar-refractivity contribution in [2.45, 2.75) is 41.0 Å². The second kappa shape index (κ2) is 11.7. The Morgan fingerprint density at radius 3 is 2.05 bits per heavy atom. The fourth-order valence-corrected chi connectivity index (χ4v) is 2.48. The highest BCUT2D eigenvalue weighted by atomic mass is 15.3. The summed E-state index contributed by atoms with van der Waals surface area (Å²) in [7, 11) is 2.22. The van der Waals surface area contributed by atoms with Crippen molar-refractivity contribution in [3.05, 3.63) is 0 Å². The van der Waals surface area contributed by atoms with Crippen molar-refractivity contribution < 1.29 is 0 Å². The summed E-state index contributed by atoms with van der Waals surface area (Å²) in [5.41, 5.74) is 0. The van der Waals surface area contributed by atoms with Gasteiger partial charge in [-0.05, 0) is 25.9 Å². The van der Waals surface area contributed by atoms with E-state index in [1.807, 2.05) is 13.8 Å². The van der Waals surface area contributed by atoms with Crippen LogP contribution in [0.5, 0.6) is 0 Å². The highest BCUT2D eigenvalue weighted by Crippen LogP contribution is 2.03. The van der Waals surface area contributed by atoms with Crippen LogP contribution in [0.1, 0.15) is 41.0 Å². The molecule has 0 aromatic rings. The van der Waals surface area contributed by atoms with E-state index in [-0.39, 0.29) is 0 Å². The third-order valence-electron chi connectivity index (χ3n) is 3.49. The van der Waals surface area contributed by atoms with E-state index in [1.54, 1.807) is 0 Å². The normalized spacial score (nSPS) is 17.7.